The second-order valence-corrected chi connectivity index (χ2v) is 11.5. The van der Waals surface area contributed by atoms with E-state index in [9.17, 15) is 18.0 Å². The average Bonchev–Trinajstić information content (AvgIpc) is 2.81. The maximum atomic E-state index is 13.4. The Morgan fingerprint density at radius 1 is 1.03 bits per heavy atom. The molecular weight excluding hydrogens is 487 g/mol. The summed E-state index contributed by atoms with van der Waals surface area (Å²) in [4.78, 5) is 18.2. The van der Waals surface area contributed by atoms with E-state index in [-0.39, 0.29) is 6.09 Å². The number of alkyl halides is 3. The third-order valence-electron chi connectivity index (χ3n) is 6.45. The molecule has 1 amide bonds. The molecule has 0 aliphatic carbocycles. The molecule has 2 aromatic carbocycles. The van der Waals surface area contributed by atoms with Gasteiger partial charge in [0.05, 0.1) is 16.9 Å². The molecule has 2 heterocycles. The summed E-state index contributed by atoms with van der Waals surface area (Å²) < 4.78 is 45.6. The first-order valence-electron chi connectivity index (χ1n) is 12.4. The Hall–Kier alpha value is -2.39. The number of amides is 1. The number of alkyl carbamates (subject to hydrolysis) is 1. The van der Waals surface area contributed by atoms with Crippen molar-refractivity contribution in [1.82, 2.24) is 10.2 Å². The van der Waals surface area contributed by atoms with E-state index in [1.54, 1.807) is 6.07 Å². The van der Waals surface area contributed by atoms with Crippen molar-refractivity contribution in [2.45, 2.75) is 61.6 Å². The minimum Gasteiger partial charge on any atom is -0.444 e. The number of ether oxygens (including phenoxy) is 1. The minimum absolute atomic E-state index is 0.376. The first-order valence-corrected chi connectivity index (χ1v) is 13.3. The molecule has 0 atom stereocenters. The second kappa shape index (κ2) is 10.9. The van der Waals surface area contributed by atoms with E-state index >= 15 is 0 Å². The highest BCUT2D eigenvalue weighted by atomic mass is 32.2. The van der Waals surface area contributed by atoms with Gasteiger partial charge in [-0.15, -0.1) is 0 Å². The Balaban J connectivity index is 1.31. The molecular formula is C27H34F3N3O2S. The SMILES string of the molecule is CC(C)(C)OC(=O)NCC1CCN(CCCN2c3ccccc3Sc3ccc(C(F)(F)F)cc32)CC1. The Morgan fingerprint density at radius 3 is 2.42 bits per heavy atom. The maximum absolute atomic E-state index is 13.4. The number of nitrogens with zero attached hydrogens (tertiary/aromatic N) is 2. The van der Waals surface area contributed by atoms with Gasteiger partial charge in [-0.3, -0.25) is 0 Å². The number of rotatable bonds is 6. The highest BCUT2D eigenvalue weighted by Gasteiger charge is 2.33. The van der Waals surface area contributed by atoms with Crippen molar-refractivity contribution in [3.05, 3.63) is 48.0 Å². The van der Waals surface area contributed by atoms with Gasteiger partial charge in [0.25, 0.3) is 0 Å². The van der Waals surface area contributed by atoms with Crippen molar-refractivity contribution in [3.63, 3.8) is 0 Å². The molecule has 0 saturated carbocycles. The van der Waals surface area contributed by atoms with E-state index in [0.717, 1.165) is 54.4 Å². The number of para-hydroxylation sites is 1. The molecule has 9 heteroatoms. The number of nitrogens with one attached hydrogen (secondary N) is 1. The van der Waals surface area contributed by atoms with Crippen molar-refractivity contribution in [2.75, 3.05) is 37.6 Å². The van der Waals surface area contributed by atoms with Crippen LogP contribution in [0.15, 0.2) is 52.3 Å². The topological polar surface area (TPSA) is 44.8 Å². The Bertz CT molecular complexity index is 1060. The maximum Gasteiger partial charge on any atom is 0.416 e. The lowest BCUT2D eigenvalue weighted by molar-refractivity contribution is -0.137. The van der Waals surface area contributed by atoms with Gasteiger partial charge < -0.3 is 19.9 Å². The number of benzene rings is 2. The summed E-state index contributed by atoms with van der Waals surface area (Å²) in [6, 6.07) is 11.9. The van der Waals surface area contributed by atoms with Gasteiger partial charge in [0.15, 0.2) is 0 Å². The first-order chi connectivity index (χ1) is 17.0. The molecule has 1 saturated heterocycles. The van der Waals surface area contributed by atoms with E-state index in [1.807, 2.05) is 49.9 Å². The van der Waals surface area contributed by atoms with E-state index in [4.69, 9.17) is 4.74 Å². The van der Waals surface area contributed by atoms with Crippen LogP contribution in [0.1, 0.15) is 45.6 Å². The number of hydrogen-bond donors (Lipinski definition) is 1. The summed E-state index contributed by atoms with van der Waals surface area (Å²) in [7, 11) is 0. The molecule has 2 aliphatic heterocycles. The summed E-state index contributed by atoms with van der Waals surface area (Å²) in [5.74, 6) is 0.424. The van der Waals surface area contributed by atoms with E-state index in [2.05, 4.69) is 10.2 Å². The van der Waals surface area contributed by atoms with Gasteiger partial charge in [0.2, 0.25) is 0 Å². The average molecular weight is 522 g/mol. The van der Waals surface area contributed by atoms with Crippen LogP contribution in [0.5, 0.6) is 0 Å². The van der Waals surface area contributed by atoms with Gasteiger partial charge >= 0.3 is 12.3 Å². The van der Waals surface area contributed by atoms with Crippen LogP contribution < -0.4 is 10.2 Å². The smallest absolute Gasteiger partial charge is 0.416 e. The number of hydrogen-bond acceptors (Lipinski definition) is 5. The van der Waals surface area contributed by atoms with Crippen molar-refractivity contribution < 1.29 is 22.7 Å². The molecule has 2 aromatic rings. The predicted molar refractivity (Wildman–Crippen MR) is 137 cm³/mol. The number of anilines is 2. The lowest BCUT2D eigenvalue weighted by atomic mass is 9.97. The van der Waals surface area contributed by atoms with Crippen LogP contribution in [-0.4, -0.2) is 49.3 Å². The largest absolute Gasteiger partial charge is 0.444 e. The standard InChI is InChI=1S/C27H34F3N3O2S/c1-26(2,3)35-25(34)31-18-19-11-15-32(16-12-19)13-6-14-33-21-7-4-5-8-23(21)36-24-10-9-20(17-22(24)33)27(28,29)30/h4-5,7-10,17,19H,6,11-16,18H2,1-3H3,(H,31,34). The van der Waals surface area contributed by atoms with Crippen molar-refractivity contribution >= 4 is 29.2 Å². The molecule has 0 unspecified atom stereocenters. The van der Waals surface area contributed by atoms with Crippen molar-refractivity contribution in [3.8, 4) is 0 Å². The normalized spacial score (nSPS) is 16.9. The number of likely N-dealkylation sites (tertiary alicyclic amines) is 1. The van der Waals surface area contributed by atoms with Gasteiger partial charge in [0, 0.05) is 22.9 Å². The summed E-state index contributed by atoms with van der Waals surface area (Å²) >= 11 is 1.52. The summed E-state index contributed by atoms with van der Waals surface area (Å²) in [6.45, 7) is 9.58. The monoisotopic (exact) mass is 521 g/mol. The fourth-order valence-electron chi connectivity index (χ4n) is 4.65. The zero-order valence-electron chi connectivity index (χ0n) is 21.0. The van der Waals surface area contributed by atoms with Gasteiger partial charge in [-0.2, -0.15) is 13.2 Å². The summed E-state index contributed by atoms with van der Waals surface area (Å²) in [5.41, 5.74) is 0.463. The number of fused-ring (bicyclic) bond motifs is 2. The molecule has 196 valence electrons. The first kappa shape index (κ1) is 26.7. The van der Waals surface area contributed by atoms with Crippen LogP contribution in [0.2, 0.25) is 0 Å². The number of piperidine rings is 1. The van der Waals surface area contributed by atoms with Crippen LogP contribution >= 0.6 is 11.8 Å². The van der Waals surface area contributed by atoms with Crippen LogP contribution in [0, 0.1) is 5.92 Å². The number of carbonyl (C=O) groups is 1. The van der Waals surface area contributed by atoms with Gasteiger partial charge in [-0.25, -0.2) is 4.79 Å². The highest BCUT2D eigenvalue weighted by Crippen LogP contribution is 2.49. The zero-order valence-corrected chi connectivity index (χ0v) is 21.8. The van der Waals surface area contributed by atoms with Gasteiger partial charge in [-0.05, 0) is 95.9 Å². The Kier molecular flexibility index (Phi) is 8.09. The minimum atomic E-state index is -4.37. The molecule has 1 N–H and O–H groups in total. The molecule has 0 aromatic heterocycles. The lowest BCUT2D eigenvalue weighted by Gasteiger charge is -2.35. The van der Waals surface area contributed by atoms with Gasteiger partial charge in [0.1, 0.15) is 5.60 Å². The third kappa shape index (κ3) is 6.88. The fraction of sp³-hybridized carbons (Fsp3) is 0.519. The molecule has 36 heavy (non-hydrogen) atoms. The van der Waals surface area contributed by atoms with Crippen LogP contribution in [0.3, 0.4) is 0 Å². The zero-order chi connectivity index (χ0) is 25.9. The van der Waals surface area contributed by atoms with Crippen molar-refractivity contribution in [1.29, 1.82) is 0 Å². The molecule has 4 rings (SSSR count). The van der Waals surface area contributed by atoms with E-state index in [0.29, 0.717) is 24.7 Å². The molecule has 1 fully saturated rings. The second-order valence-electron chi connectivity index (χ2n) is 10.4. The predicted octanol–water partition coefficient (Wildman–Crippen LogP) is 6.93. The van der Waals surface area contributed by atoms with Gasteiger partial charge in [-0.1, -0.05) is 23.9 Å². The molecule has 0 spiro atoms. The van der Waals surface area contributed by atoms with Crippen LogP contribution in [0.4, 0.5) is 29.3 Å². The van der Waals surface area contributed by atoms with E-state index in [1.165, 1.54) is 23.9 Å². The summed E-state index contributed by atoms with van der Waals surface area (Å²) in [6.07, 6.45) is -1.91. The summed E-state index contributed by atoms with van der Waals surface area (Å²) in [5, 5.41) is 2.88. The quantitative estimate of drug-likeness (QED) is 0.446. The molecule has 2 aliphatic rings. The molecule has 5 nitrogen and oxygen atoms in total. The number of halogens is 3. The number of carbonyl (C=O) groups excluding carboxylic acids is 1. The van der Waals surface area contributed by atoms with E-state index < -0.39 is 17.3 Å². The Morgan fingerprint density at radius 2 is 1.72 bits per heavy atom. The third-order valence-corrected chi connectivity index (χ3v) is 7.58. The molecule has 0 bridgehead atoms. The Labute approximate surface area is 215 Å². The highest BCUT2D eigenvalue weighted by molar-refractivity contribution is 7.99. The van der Waals surface area contributed by atoms with Crippen LogP contribution in [-0.2, 0) is 10.9 Å². The molecule has 0 radical (unpaired) electrons. The fourth-order valence-corrected chi connectivity index (χ4v) is 5.73. The van der Waals surface area contributed by atoms with Crippen LogP contribution in [0.25, 0.3) is 0 Å². The van der Waals surface area contributed by atoms with Crippen molar-refractivity contribution in [2.24, 2.45) is 5.92 Å². The lowest BCUT2D eigenvalue weighted by Crippen LogP contribution is -2.40.